The first kappa shape index (κ1) is 20.7. The van der Waals surface area contributed by atoms with Crippen LogP contribution in [0.5, 0.6) is 0 Å². The van der Waals surface area contributed by atoms with Crippen LogP contribution in [0.15, 0.2) is 103 Å². The highest BCUT2D eigenvalue weighted by atomic mass is 15.0. The topological polar surface area (TPSA) is 41.6 Å². The molecule has 0 N–H and O–H groups in total. The van der Waals surface area contributed by atoms with E-state index in [-0.39, 0.29) is 5.41 Å². The Balaban J connectivity index is 1.55. The zero-order chi connectivity index (χ0) is 24.4. The summed E-state index contributed by atoms with van der Waals surface area (Å²) in [5.41, 5.74) is 11.2. The van der Waals surface area contributed by atoms with E-state index in [1.165, 1.54) is 44.1 Å². The minimum Gasteiger partial charge on any atom is -0.309 e. The first-order valence-corrected chi connectivity index (χ1v) is 12.2. The van der Waals surface area contributed by atoms with Crippen molar-refractivity contribution in [3.63, 3.8) is 0 Å². The van der Waals surface area contributed by atoms with Gasteiger partial charge in [0.25, 0.3) is 0 Å². The fraction of sp³-hybridized carbons (Fsp3) is 0.0909. The zero-order valence-corrected chi connectivity index (χ0v) is 20.2. The molecule has 3 nitrogen and oxygen atoms in total. The Kier molecular flexibility index (Phi) is 4.25. The maximum absolute atomic E-state index is 9.65. The summed E-state index contributed by atoms with van der Waals surface area (Å²) < 4.78 is 2.36. The van der Waals surface area contributed by atoms with Crippen molar-refractivity contribution in [2.24, 2.45) is 0 Å². The second-order valence-electron chi connectivity index (χ2n) is 9.99. The van der Waals surface area contributed by atoms with Crippen molar-refractivity contribution in [1.82, 2.24) is 9.55 Å². The monoisotopic (exact) mass is 461 g/mol. The number of benzene rings is 4. The molecular weight excluding hydrogens is 438 g/mol. The third-order valence-electron chi connectivity index (χ3n) is 7.71. The van der Waals surface area contributed by atoms with E-state index >= 15 is 0 Å². The van der Waals surface area contributed by atoms with Gasteiger partial charge in [-0.15, -0.1) is 0 Å². The SMILES string of the molecule is CC1(C)c2ccccc2-c2ccc3c(c21)c1ccccc1n3-c1cccc(-c2cnccc2C#N)c1. The first-order valence-electron chi connectivity index (χ1n) is 12.2. The smallest absolute Gasteiger partial charge is 0.0999 e. The largest absolute Gasteiger partial charge is 0.309 e. The Labute approximate surface area is 209 Å². The molecule has 0 saturated heterocycles. The summed E-state index contributed by atoms with van der Waals surface area (Å²) in [5, 5.41) is 12.2. The molecule has 2 heterocycles. The second-order valence-corrected chi connectivity index (χ2v) is 9.99. The van der Waals surface area contributed by atoms with Crippen LogP contribution in [0, 0.1) is 11.3 Å². The van der Waals surface area contributed by atoms with Crippen molar-refractivity contribution in [3.05, 3.63) is 120 Å². The minimum absolute atomic E-state index is 0.0976. The predicted molar refractivity (Wildman–Crippen MR) is 146 cm³/mol. The van der Waals surface area contributed by atoms with E-state index in [9.17, 15) is 5.26 Å². The number of aromatic nitrogens is 2. The van der Waals surface area contributed by atoms with Gasteiger partial charge in [-0.25, -0.2) is 0 Å². The Morgan fingerprint density at radius 3 is 2.50 bits per heavy atom. The third kappa shape index (κ3) is 2.70. The molecule has 0 saturated carbocycles. The second kappa shape index (κ2) is 7.41. The van der Waals surface area contributed by atoms with Crippen LogP contribution in [0.3, 0.4) is 0 Å². The Morgan fingerprint density at radius 2 is 1.61 bits per heavy atom. The van der Waals surface area contributed by atoms with Crippen molar-refractivity contribution in [2.45, 2.75) is 19.3 Å². The third-order valence-corrected chi connectivity index (χ3v) is 7.71. The quantitative estimate of drug-likeness (QED) is 0.262. The van der Waals surface area contributed by atoms with Crippen LogP contribution in [0.25, 0.3) is 49.7 Å². The highest BCUT2D eigenvalue weighted by Gasteiger charge is 2.37. The van der Waals surface area contributed by atoms with E-state index in [0.717, 1.165) is 16.8 Å². The van der Waals surface area contributed by atoms with Gasteiger partial charge in [-0.05, 0) is 58.1 Å². The highest BCUT2D eigenvalue weighted by molar-refractivity contribution is 6.14. The summed E-state index contributed by atoms with van der Waals surface area (Å²) in [7, 11) is 0. The van der Waals surface area contributed by atoms with E-state index in [2.05, 4.69) is 108 Å². The number of nitrogens with zero attached hydrogens (tertiary/aromatic N) is 3. The van der Waals surface area contributed by atoms with Crippen molar-refractivity contribution in [3.8, 4) is 34.0 Å². The highest BCUT2D eigenvalue weighted by Crippen LogP contribution is 2.53. The average Bonchev–Trinajstić information content (AvgIpc) is 3.38. The molecule has 1 aliphatic carbocycles. The first-order chi connectivity index (χ1) is 17.6. The van der Waals surface area contributed by atoms with E-state index in [4.69, 9.17) is 0 Å². The summed E-state index contributed by atoms with van der Waals surface area (Å²) >= 11 is 0. The maximum Gasteiger partial charge on any atom is 0.0999 e. The van der Waals surface area contributed by atoms with E-state index in [1.807, 2.05) is 6.07 Å². The molecule has 7 rings (SSSR count). The number of rotatable bonds is 2. The average molecular weight is 462 g/mol. The van der Waals surface area contributed by atoms with Gasteiger partial charge in [0.1, 0.15) is 0 Å². The summed E-state index contributed by atoms with van der Waals surface area (Å²) in [4.78, 5) is 4.28. The summed E-state index contributed by atoms with van der Waals surface area (Å²) in [6.45, 7) is 4.69. The van der Waals surface area contributed by atoms with Gasteiger partial charge < -0.3 is 4.57 Å². The predicted octanol–water partition coefficient (Wildman–Crippen LogP) is 8.02. The molecular formula is C33H23N3. The minimum atomic E-state index is -0.0976. The molecule has 2 aromatic heterocycles. The lowest BCUT2D eigenvalue weighted by Gasteiger charge is -2.22. The van der Waals surface area contributed by atoms with Crippen LogP contribution < -0.4 is 0 Å². The zero-order valence-electron chi connectivity index (χ0n) is 20.2. The molecule has 36 heavy (non-hydrogen) atoms. The van der Waals surface area contributed by atoms with Gasteiger partial charge in [0.15, 0.2) is 0 Å². The molecule has 170 valence electrons. The van der Waals surface area contributed by atoms with Crippen LogP contribution in [0.1, 0.15) is 30.5 Å². The number of pyridine rings is 1. The molecule has 0 fully saturated rings. The molecule has 0 radical (unpaired) electrons. The van der Waals surface area contributed by atoms with Gasteiger partial charge in [0.2, 0.25) is 0 Å². The number of hydrogen-bond acceptors (Lipinski definition) is 2. The summed E-state index contributed by atoms with van der Waals surface area (Å²) in [5.74, 6) is 0. The molecule has 0 aliphatic heterocycles. The van der Waals surface area contributed by atoms with Crippen LogP contribution in [-0.4, -0.2) is 9.55 Å². The Bertz CT molecular complexity index is 1880. The normalized spacial score (nSPS) is 13.5. The van der Waals surface area contributed by atoms with Gasteiger partial charge in [0.05, 0.1) is 22.7 Å². The molecule has 1 aliphatic rings. The molecule has 0 amide bonds. The van der Waals surface area contributed by atoms with Crippen molar-refractivity contribution >= 4 is 21.8 Å². The number of nitriles is 1. The van der Waals surface area contributed by atoms with Gasteiger partial charge in [-0.3, -0.25) is 4.98 Å². The molecule has 0 atom stereocenters. The molecule has 6 aromatic rings. The number of fused-ring (bicyclic) bond motifs is 7. The number of para-hydroxylation sites is 1. The van der Waals surface area contributed by atoms with Crippen molar-refractivity contribution in [1.29, 1.82) is 5.26 Å². The lowest BCUT2D eigenvalue weighted by Crippen LogP contribution is -2.15. The number of hydrogen-bond donors (Lipinski definition) is 0. The fourth-order valence-electron chi connectivity index (χ4n) is 6.14. The standard InChI is InChI=1S/C33H23N3/c1-33(2)28-12-5-3-10-24(28)25-14-15-30-31(32(25)33)26-11-4-6-13-29(26)36(30)23-9-7-8-21(18-23)27-20-35-17-16-22(27)19-34/h3-18,20H,1-2H3. The lowest BCUT2D eigenvalue weighted by molar-refractivity contribution is 0.666. The lowest BCUT2D eigenvalue weighted by atomic mass is 9.80. The maximum atomic E-state index is 9.65. The van der Waals surface area contributed by atoms with Crippen molar-refractivity contribution in [2.75, 3.05) is 0 Å². The fourth-order valence-corrected chi connectivity index (χ4v) is 6.14. The Morgan fingerprint density at radius 1 is 0.778 bits per heavy atom. The van der Waals surface area contributed by atoms with Gasteiger partial charge >= 0.3 is 0 Å². The molecule has 0 spiro atoms. The van der Waals surface area contributed by atoms with Crippen LogP contribution in [0.2, 0.25) is 0 Å². The molecule has 0 bridgehead atoms. The van der Waals surface area contributed by atoms with Crippen LogP contribution in [-0.2, 0) is 5.41 Å². The van der Waals surface area contributed by atoms with Gasteiger partial charge in [-0.1, -0.05) is 74.5 Å². The van der Waals surface area contributed by atoms with E-state index in [0.29, 0.717) is 5.56 Å². The van der Waals surface area contributed by atoms with Crippen LogP contribution in [0.4, 0.5) is 0 Å². The van der Waals surface area contributed by atoms with E-state index < -0.39 is 0 Å². The summed E-state index contributed by atoms with van der Waals surface area (Å²) in [6, 6.07) is 34.5. The van der Waals surface area contributed by atoms with Gasteiger partial charge in [0, 0.05) is 39.8 Å². The molecule has 0 unspecified atom stereocenters. The van der Waals surface area contributed by atoms with E-state index in [1.54, 1.807) is 18.5 Å². The Hall–Kier alpha value is -4.68. The molecule has 3 heteroatoms. The van der Waals surface area contributed by atoms with Crippen LogP contribution >= 0.6 is 0 Å². The van der Waals surface area contributed by atoms with Gasteiger partial charge in [-0.2, -0.15) is 5.26 Å². The van der Waals surface area contributed by atoms with Crippen molar-refractivity contribution < 1.29 is 0 Å². The summed E-state index contributed by atoms with van der Waals surface area (Å²) in [6.07, 6.45) is 3.44. The molecule has 4 aromatic carbocycles.